The molecule has 1 atom stereocenters. The van der Waals surface area contributed by atoms with Gasteiger partial charge in [-0.15, -0.1) is 0 Å². The lowest BCUT2D eigenvalue weighted by Gasteiger charge is -2.19. The highest BCUT2D eigenvalue weighted by molar-refractivity contribution is 7.91. The molecule has 0 saturated carbocycles. The average Bonchev–Trinajstić information content (AvgIpc) is 2.70. The Bertz CT molecular complexity index is 610. The number of ether oxygens (including phenoxy) is 2. The molecule has 1 aliphatic rings. The van der Waals surface area contributed by atoms with Gasteiger partial charge in [0.25, 0.3) is 0 Å². The van der Waals surface area contributed by atoms with Crippen LogP contribution < -0.4 is 10.5 Å². The zero-order valence-electron chi connectivity index (χ0n) is 12.8. The normalized spacial score (nSPS) is 21.4. The van der Waals surface area contributed by atoms with Gasteiger partial charge in [-0.3, -0.25) is 0 Å². The van der Waals surface area contributed by atoms with Crippen molar-refractivity contribution in [2.24, 2.45) is 0 Å². The SMILES string of the molecule is CCOc1ccc(N)c(S(=O)(=O)CC2CCC(C)(C)O2)c1. The largest absolute Gasteiger partial charge is 0.494 e. The predicted molar refractivity (Wildman–Crippen MR) is 82.3 cm³/mol. The maximum Gasteiger partial charge on any atom is 0.183 e. The molecule has 1 aromatic rings. The van der Waals surface area contributed by atoms with Gasteiger partial charge in [-0.05, 0) is 45.7 Å². The van der Waals surface area contributed by atoms with Crippen molar-refractivity contribution in [3.05, 3.63) is 18.2 Å². The van der Waals surface area contributed by atoms with Gasteiger partial charge in [0.05, 0.1) is 34.6 Å². The second-order valence-electron chi connectivity index (χ2n) is 5.95. The van der Waals surface area contributed by atoms with Gasteiger partial charge in [0.15, 0.2) is 9.84 Å². The van der Waals surface area contributed by atoms with Crippen LogP contribution in [0.15, 0.2) is 23.1 Å². The van der Waals surface area contributed by atoms with Gasteiger partial charge in [-0.2, -0.15) is 0 Å². The van der Waals surface area contributed by atoms with Crippen LogP contribution in [0.3, 0.4) is 0 Å². The van der Waals surface area contributed by atoms with E-state index in [1.54, 1.807) is 12.1 Å². The van der Waals surface area contributed by atoms with Crippen LogP contribution in [-0.4, -0.2) is 32.5 Å². The number of anilines is 1. The first-order valence-electron chi connectivity index (χ1n) is 7.16. The number of hydrogen-bond acceptors (Lipinski definition) is 5. The van der Waals surface area contributed by atoms with Crippen LogP contribution in [0.2, 0.25) is 0 Å². The highest BCUT2D eigenvalue weighted by Gasteiger charge is 2.35. The molecular formula is C15H23NO4S. The van der Waals surface area contributed by atoms with Crippen molar-refractivity contribution in [3.8, 4) is 5.75 Å². The van der Waals surface area contributed by atoms with E-state index in [0.717, 1.165) is 12.8 Å². The molecular weight excluding hydrogens is 290 g/mol. The van der Waals surface area contributed by atoms with E-state index in [2.05, 4.69) is 0 Å². The second-order valence-corrected chi connectivity index (χ2v) is 7.95. The Labute approximate surface area is 126 Å². The van der Waals surface area contributed by atoms with Crippen LogP contribution in [0, 0.1) is 0 Å². The third kappa shape index (κ3) is 3.89. The Morgan fingerprint density at radius 3 is 2.71 bits per heavy atom. The van der Waals surface area contributed by atoms with Crippen LogP contribution >= 0.6 is 0 Å². The standard InChI is InChI=1S/C15H23NO4S/c1-4-19-11-5-6-13(16)14(9-11)21(17,18)10-12-7-8-15(2,3)20-12/h5-6,9,12H,4,7-8,10,16H2,1-3H3. The number of rotatable bonds is 5. The Kier molecular flexibility index (Phi) is 4.49. The van der Waals surface area contributed by atoms with E-state index >= 15 is 0 Å². The molecule has 6 heteroatoms. The van der Waals surface area contributed by atoms with E-state index in [4.69, 9.17) is 15.2 Å². The Hall–Kier alpha value is -1.27. The lowest BCUT2D eigenvalue weighted by atomic mass is 10.1. The molecule has 1 aliphatic heterocycles. The zero-order valence-corrected chi connectivity index (χ0v) is 13.6. The Morgan fingerprint density at radius 1 is 1.43 bits per heavy atom. The molecule has 118 valence electrons. The molecule has 0 amide bonds. The van der Waals surface area contributed by atoms with E-state index in [-0.39, 0.29) is 28.0 Å². The third-order valence-electron chi connectivity index (χ3n) is 3.59. The minimum atomic E-state index is -3.50. The molecule has 2 N–H and O–H groups in total. The summed E-state index contributed by atoms with van der Waals surface area (Å²) in [4.78, 5) is 0.127. The number of nitrogen functional groups attached to an aromatic ring is 1. The van der Waals surface area contributed by atoms with Crippen LogP contribution in [0.1, 0.15) is 33.6 Å². The van der Waals surface area contributed by atoms with Gasteiger partial charge in [-0.25, -0.2) is 8.42 Å². The summed E-state index contributed by atoms with van der Waals surface area (Å²) in [5, 5.41) is 0. The topological polar surface area (TPSA) is 78.6 Å². The smallest absolute Gasteiger partial charge is 0.183 e. The lowest BCUT2D eigenvalue weighted by molar-refractivity contribution is -0.00527. The number of sulfone groups is 1. The van der Waals surface area contributed by atoms with Crippen molar-refractivity contribution >= 4 is 15.5 Å². The molecule has 1 heterocycles. The molecule has 2 rings (SSSR count). The van der Waals surface area contributed by atoms with E-state index in [9.17, 15) is 8.42 Å². The van der Waals surface area contributed by atoms with Crippen molar-refractivity contribution in [2.45, 2.75) is 50.2 Å². The van der Waals surface area contributed by atoms with Gasteiger partial charge in [-0.1, -0.05) is 0 Å². The zero-order chi connectivity index (χ0) is 15.7. The summed E-state index contributed by atoms with van der Waals surface area (Å²) >= 11 is 0. The van der Waals surface area contributed by atoms with Gasteiger partial charge < -0.3 is 15.2 Å². The molecule has 21 heavy (non-hydrogen) atoms. The van der Waals surface area contributed by atoms with Crippen molar-refractivity contribution in [1.29, 1.82) is 0 Å². The van der Waals surface area contributed by atoms with Crippen molar-refractivity contribution in [3.63, 3.8) is 0 Å². The van der Waals surface area contributed by atoms with Crippen molar-refractivity contribution in [1.82, 2.24) is 0 Å². The maximum absolute atomic E-state index is 12.6. The lowest BCUT2D eigenvalue weighted by Crippen LogP contribution is -2.25. The fourth-order valence-electron chi connectivity index (χ4n) is 2.57. The summed E-state index contributed by atoms with van der Waals surface area (Å²) < 4.78 is 36.2. The van der Waals surface area contributed by atoms with Crippen LogP contribution in [0.5, 0.6) is 5.75 Å². The van der Waals surface area contributed by atoms with E-state index in [1.165, 1.54) is 6.07 Å². The van der Waals surface area contributed by atoms with Crippen LogP contribution in [-0.2, 0) is 14.6 Å². The van der Waals surface area contributed by atoms with E-state index in [1.807, 2.05) is 20.8 Å². The van der Waals surface area contributed by atoms with Crippen LogP contribution in [0.4, 0.5) is 5.69 Å². The van der Waals surface area contributed by atoms with E-state index < -0.39 is 9.84 Å². The van der Waals surface area contributed by atoms with E-state index in [0.29, 0.717) is 12.4 Å². The molecule has 5 nitrogen and oxygen atoms in total. The van der Waals surface area contributed by atoms with Crippen molar-refractivity contribution in [2.75, 3.05) is 18.1 Å². The number of hydrogen-bond donors (Lipinski definition) is 1. The molecule has 1 unspecified atom stereocenters. The monoisotopic (exact) mass is 313 g/mol. The first-order valence-corrected chi connectivity index (χ1v) is 8.81. The van der Waals surface area contributed by atoms with Crippen LogP contribution in [0.25, 0.3) is 0 Å². The summed E-state index contributed by atoms with van der Waals surface area (Å²) in [5.41, 5.74) is 5.82. The fourth-order valence-corrected chi connectivity index (χ4v) is 4.20. The highest BCUT2D eigenvalue weighted by Crippen LogP contribution is 2.32. The first-order chi connectivity index (χ1) is 9.73. The Morgan fingerprint density at radius 2 is 2.14 bits per heavy atom. The number of nitrogens with two attached hydrogens (primary N) is 1. The summed E-state index contributed by atoms with van der Waals surface area (Å²) in [7, 11) is -3.50. The van der Waals surface area contributed by atoms with Gasteiger partial charge in [0.2, 0.25) is 0 Å². The summed E-state index contributed by atoms with van der Waals surface area (Å²) in [6.07, 6.45) is 1.33. The summed E-state index contributed by atoms with van der Waals surface area (Å²) in [5.74, 6) is 0.467. The van der Waals surface area contributed by atoms with Gasteiger partial charge >= 0.3 is 0 Å². The van der Waals surface area contributed by atoms with Gasteiger partial charge in [0, 0.05) is 6.07 Å². The molecule has 0 bridgehead atoms. The maximum atomic E-state index is 12.6. The third-order valence-corrected chi connectivity index (χ3v) is 5.42. The second kappa shape index (κ2) is 5.85. The molecule has 0 radical (unpaired) electrons. The molecule has 1 fully saturated rings. The molecule has 0 aromatic heterocycles. The molecule has 0 spiro atoms. The average molecular weight is 313 g/mol. The minimum absolute atomic E-state index is 0.0454. The first kappa shape index (κ1) is 16.1. The molecule has 1 saturated heterocycles. The number of benzene rings is 1. The molecule has 1 aromatic carbocycles. The molecule has 0 aliphatic carbocycles. The summed E-state index contributed by atoms with van der Waals surface area (Å²) in [6.45, 7) is 6.27. The van der Waals surface area contributed by atoms with Gasteiger partial charge in [0.1, 0.15) is 5.75 Å². The Balaban J connectivity index is 2.21. The highest BCUT2D eigenvalue weighted by atomic mass is 32.2. The summed E-state index contributed by atoms with van der Waals surface area (Å²) in [6, 6.07) is 4.73. The minimum Gasteiger partial charge on any atom is -0.494 e. The van der Waals surface area contributed by atoms with Crippen molar-refractivity contribution < 1.29 is 17.9 Å². The fraction of sp³-hybridized carbons (Fsp3) is 0.600. The quantitative estimate of drug-likeness (QED) is 0.844. The predicted octanol–water partition coefficient (Wildman–Crippen LogP) is 2.40.